The first kappa shape index (κ1) is 21.3. The Balaban J connectivity index is 2.06. The number of rotatable bonds is 6. The molecule has 0 radical (unpaired) electrons. The van der Waals surface area contributed by atoms with Gasteiger partial charge in [-0.1, -0.05) is 29.8 Å². The highest BCUT2D eigenvalue weighted by molar-refractivity contribution is 7.80. The van der Waals surface area contributed by atoms with Gasteiger partial charge in [0.2, 0.25) is 0 Å². The summed E-state index contributed by atoms with van der Waals surface area (Å²) in [5.74, 6) is -0.544. The zero-order chi connectivity index (χ0) is 21.7. The number of methoxy groups -OCH3 is 1. The fourth-order valence-corrected chi connectivity index (χ4v) is 3.31. The number of anilines is 1. The number of halogens is 1. The van der Waals surface area contributed by atoms with Gasteiger partial charge in [0.05, 0.1) is 12.8 Å². The molecule has 3 rings (SSSR count). The Morgan fingerprint density at radius 1 is 1.23 bits per heavy atom. The molecule has 1 saturated heterocycles. The minimum atomic E-state index is -0.553. The van der Waals surface area contributed by atoms with Crippen molar-refractivity contribution >= 4 is 52.6 Å². The van der Waals surface area contributed by atoms with E-state index in [1.165, 1.54) is 16.9 Å². The van der Waals surface area contributed by atoms with Crippen molar-refractivity contribution in [3.05, 3.63) is 64.8 Å². The van der Waals surface area contributed by atoms with Gasteiger partial charge in [-0.25, -0.2) is 0 Å². The van der Waals surface area contributed by atoms with E-state index in [0.717, 1.165) is 0 Å². The SMILES string of the molecule is COC(=O)CN1C(=S)N(c2ccc(Cl)cc2)C(=O)/C1=C/c1ccccc1OCC#N. The molecule has 152 valence electrons. The fraction of sp³-hybridized carbons (Fsp3) is 0.143. The number of ether oxygens (including phenoxy) is 2. The van der Waals surface area contributed by atoms with E-state index >= 15 is 0 Å². The maximum absolute atomic E-state index is 13.3. The molecule has 7 nitrogen and oxygen atoms in total. The molecule has 0 N–H and O–H groups in total. The van der Waals surface area contributed by atoms with Gasteiger partial charge in [0.25, 0.3) is 5.91 Å². The molecule has 1 fully saturated rings. The lowest BCUT2D eigenvalue weighted by Crippen LogP contribution is -2.35. The third kappa shape index (κ3) is 4.43. The number of nitriles is 1. The molecule has 0 unspecified atom stereocenters. The number of carbonyl (C=O) groups excluding carboxylic acids is 2. The van der Waals surface area contributed by atoms with Crippen LogP contribution in [0.4, 0.5) is 5.69 Å². The smallest absolute Gasteiger partial charge is 0.325 e. The van der Waals surface area contributed by atoms with Crippen molar-refractivity contribution in [1.29, 1.82) is 5.26 Å². The number of benzene rings is 2. The zero-order valence-electron chi connectivity index (χ0n) is 15.9. The summed E-state index contributed by atoms with van der Waals surface area (Å²) in [5.41, 5.74) is 1.25. The van der Waals surface area contributed by atoms with E-state index in [1.54, 1.807) is 54.6 Å². The van der Waals surface area contributed by atoms with E-state index in [0.29, 0.717) is 22.0 Å². The third-order valence-corrected chi connectivity index (χ3v) is 4.89. The Morgan fingerprint density at radius 3 is 2.60 bits per heavy atom. The molecule has 0 bridgehead atoms. The molecule has 1 heterocycles. The monoisotopic (exact) mass is 441 g/mol. The summed E-state index contributed by atoms with van der Waals surface area (Å²) >= 11 is 11.4. The average molecular weight is 442 g/mol. The van der Waals surface area contributed by atoms with Crippen LogP contribution >= 0.6 is 23.8 Å². The van der Waals surface area contributed by atoms with Crippen LogP contribution in [0.25, 0.3) is 6.08 Å². The Bertz CT molecular complexity index is 1060. The van der Waals surface area contributed by atoms with Crippen LogP contribution in [0, 0.1) is 11.3 Å². The second-order valence-electron chi connectivity index (χ2n) is 6.08. The minimum Gasteiger partial charge on any atom is -0.478 e. The second-order valence-corrected chi connectivity index (χ2v) is 6.88. The van der Waals surface area contributed by atoms with E-state index in [1.807, 2.05) is 6.07 Å². The van der Waals surface area contributed by atoms with Crippen LogP contribution in [-0.4, -0.2) is 42.2 Å². The predicted octanol–water partition coefficient (Wildman–Crippen LogP) is 3.39. The largest absolute Gasteiger partial charge is 0.478 e. The van der Waals surface area contributed by atoms with Gasteiger partial charge in [0, 0.05) is 10.6 Å². The van der Waals surface area contributed by atoms with Crippen LogP contribution in [0.3, 0.4) is 0 Å². The van der Waals surface area contributed by atoms with Crippen molar-refractivity contribution in [3.63, 3.8) is 0 Å². The summed E-state index contributed by atoms with van der Waals surface area (Å²) in [4.78, 5) is 27.9. The molecule has 1 amide bonds. The van der Waals surface area contributed by atoms with Crippen molar-refractivity contribution in [2.24, 2.45) is 0 Å². The van der Waals surface area contributed by atoms with Crippen LogP contribution in [0.5, 0.6) is 5.75 Å². The first-order valence-corrected chi connectivity index (χ1v) is 9.53. The van der Waals surface area contributed by atoms with Crippen molar-refractivity contribution in [1.82, 2.24) is 4.90 Å². The molecule has 9 heteroatoms. The topological polar surface area (TPSA) is 82.9 Å². The van der Waals surface area contributed by atoms with Crippen molar-refractivity contribution in [2.45, 2.75) is 0 Å². The highest BCUT2D eigenvalue weighted by Crippen LogP contribution is 2.31. The Morgan fingerprint density at radius 2 is 1.93 bits per heavy atom. The number of esters is 1. The number of nitrogens with zero attached hydrogens (tertiary/aromatic N) is 3. The number of thiocarbonyl (C=S) groups is 1. The average Bonchev–Trinajstić information content (AvgIpc) is 2.97. The number of amides is 1. The first-order valence-electron chi connectivity index (χ1n) is 8.75. The predicted molar refractivity (Wildman–Crippen MR) is 116 cm³/mol. The molecule has 0 saturated carbocycles. The number of hydrogen-bond donors (Lipinski definition) is 0. The van der Waals surface area contributed by atoms with Gasteiger partial charge in [-0.15, -0.1) is 0 Å². The van der Waals surface area contributed by atoms with Gasteiger partial charge in [0.15, 0.2) is 11.7 Å². The van der Waals surface area contributed by atoms with Crippen LogP contribution < -0.4 is 9.64 Å². The quantitative estimate of drug-likeness (QED) is 0.386. The van der Waals surface area contributed by atoms with Gasteiger partial charge in [-0.2, -0.15) is 5.26 Å². The molecule has 0 spiro atoms. The molecule has 2 aromatic rings. The fourth-order valence-electron chi connectivity index (χ4n) is 2.83. The Hall–Kier alpha value is -3.41. The van der Waals surface area contributed by atoms with E-state index in [4.69, 9.17) is 38.6 Å². The van der Waals surface area contributed by atoms with E-state index < -0.39 is 11.9 Å². The molecule has 2 aromatic carbocycles. The molecule has 0 aromatic heterocycles. The molecular formula is C21H16ClN3O4S. The minimum absolute atomic E-state index is 0.134. The highest BCUT2D eigenvalue weighted by Gasteiger charge is 2.40. The second kappa shape index (κ2) is 9.39. The van der Waals surface area contributed by atoms with Crippen molar-refractivity contribution < 1.29 is 19.1 Å². The van der Waals surface area contributed by atoms with Crippen LogP contribution in [0.1, 0.15) is 5.56 Å². The molecule has 30 heavy (non-hydrogen) atoms. The zero-order valence-corrected chi connectivity index (χ0v) is 17.4. The summed E-state index contributed by atoms with van der Waals surface area (Å²) in [6.07, 6.45) is 1.57. The summed E-state index contributed by atoms with van der Waals surface area (Å²) < 4.78 is 10.2. The summed E-state index contributed by atoms with van der Waals surface area (Å²) in [7, 11) is 1.26. The van der Waals surface area contributed by atoms with Crippen molar-refractivity contribution in [3.8, 4) is 11.8 Å². The van der Waals surface area contributed by atoms with E-state index in [9.17, 15) is 9.59 Å². The van der Waals surface area contributed by atoms with Gasteiger partial charge < -0.3 is 14.4 Å². The summed E-state index contributed by atoms with van der Waals surface area (Å²) in [6.45, 7) is -0.381. The van der Waals surface area contributed by atoms with Gasteiger partial charge in [0.1, 0.15) is 24.1 Å². The van der Waals surface area contributed by atoms with Crippen LogP contribution in [0.2, 0.25) is 5.02 Å². The summed E-state index contributed by atoms with van der Waals surface area (Å²) in [6, 6.07) is 15.5. The van der Waals surface area contributed by atoms with E-state index in [2.05, 4.69) is 0 Å². The molecule has 0 atom stereocenters. The molecular weight excluding hydrogens is 426 g/mol. The third-order valence-electron chi connectivity index (χ3n) is 4.24. The van der Waals surface area contributed by atoms with Gasteiger partial charge in [-0.05, 0) is 48.6 Å². The lowest BCUT2D eigenvalue weighted by molar-refractivity contribution is -0.140. The van der Waals surface area contributed by atoms with Crippen LogP contribution in [0.15, 0.2) is 54.2 Å². The maximum Gasteiger partial charge on any atom is 0.325 e. The first-order chi connectivity index (χ1) is 14.5. The number of para-hydroxylation sites is 1. The normalized spacial score (nSPS) is 14.8. The Kier molecular flexibility index (Phi) is 6.67. The maximum atomic E-state index is 13.3. The van der Waals surface area contributed by atoms with Gasteiger partial charge in [-0.3, -0.25) is 14.5 Å². The molecule has 0 aliphatic carbocycles. The highest BCUT2D eigenvalue weighted by atomic mass is 35.5. The lowest BCUT2D eigenvalue weighted by atomic mass is 10.1. The molecule has 1 aliphatic heterocycles. The van der Waals surface area contributed by atoms with Gasteiger partial charge >= 0.3 is 5.97 Å². The Labute approximate surface area is 183 Å². The van der Waals surface area contributed by atoms with Crippen LogP contribution in [-0.2, 0) is 14.3 Å². The standard InChI is InChI=1S/C21H16ClN3O4S/c1-28-19(26)13-24-17(12-14-4-2-3-5-18(14)29-11-10-23)20(27)25(21(24)30)16-8-6-15(22)7-9-16/h2-9,12H,11,13H2,1H3/b17-12-. The molecule has 1 aliphatic rings. The lowest BCUT2D eigenvalue weighted by Gasteiger charge is -2.19. The summed E-state index contributed by atoms with van der Waals surface area (Å²) in [5, 5.41) is 9.44. The number of carbonyl (C=O) groups is 2. The van der Waals surface area contributed by atoms with E-state index in [-0.39, 0.29) is 24.0 Å². The van der Waals surface area contributed by atoms with Crippen molar-refractivity contribution in [2.75, 3.05) is 25.2 Å². The number of hydrogen-bond acceptors (Lipinski definition) is 6.